The van der Waals surface area contributed by atoms with E-state index in [1.54, 1.807) is 0 Å². The monoisotopic (exact) mass is 198 g/mol. The highest BCUT2D eigenvalue weighted by molar-refractivity contribution is 7.80. The highest BCUT2D eigenvalue weighted by Crippen LogP contribution is 2.13. The molecule has 1 rings (SSSR count). The van der Waals surface area contributed by atoms with Crippen molar-refractivity contribution in [1.82, 2.24) is 15.0 Å². The highest BCUT2D eigenvalue weighted by atomic mass is 32.1. The van der Waals surface area contributed by atoms with E-state index in [-0.39, 0.29) is 0 Å². The maximum atomic E-state index is 5.49. The van der Waals surface area contributed by atoms with Crippen LogP contribution in [0.2, 0.25) is 0 Å². The summed E-state index contributed by atoms with van der Waals surface area (Å²) in [5.41, 5.74) is 7.07. The van der Waals surface area contributed by atoms with Crippen LogP contribution < -0.4 is 5.73 Å². The first-order valence-corrected chi connectivity index (χ1v) is 4.70. The minimum absolute atomic E-state index is 0.312. The summed E-state index contributed by atoms with van der Waals surface area (Å²) >= 11 is 4.85. The molecule has 0 radical (unpaired) electrons. The van der Waals surface area contributed by atoms with Gasteiger partial charge in [0, 0.05) is 0 Å². The van der Waals surface area contributed by atoms with E-state index in [0.29, 0.717) is 16.7 Å². The topological polar surface area (TPSA) is 56.7 Å². The fraction of sp³-hybridized carbons (Fsp3) is 0.625. The summed E-state index contributed by atoms with van der Waals surface area (Å²) in [5.74, 6) is 0. The van der Waals surface area contributed by atoms with Gasteiger partial charge in [-0.25, -0.2) is 4.68 Å². The standard InChI is InChI=1S/C8H14N4S/c1-4-5(2)12-6(3)7(8(9)13)10-11-12/h5H,4H2,1-3H3,(H2,9,13). The fourth-order valence-corrected chi connectivity index (χ4v) is 1.35. The molecule has 1 heterocycles. The van der Waals surface area contributed by atoms with Crippen molar-refractivity contribution in [2.75, 3.05) is 0 Å². The SMILES string of the molecule is CCC(C)n1nnc(C(N)=S)c1C. The molecule has 0 bridgehead atoms. The van der Waals surface area contributed by atoms with E-state index in [0.717, 1.165) is 12.1 Å². The van der Waals surface area contributed by atoms with Gasteiger partial charge in [-0.2, -0.15) is 0 Å². The van der Waals surface area contributed by atoms with Gasteiger partial charge in [0.25, 0.3) is 0 Å². The quantitative estimate of drug-likeness (QED) is 0.741. The van der Waals surface area contributed by atoms with E-state index in [4.69, 9.17) is 18.0 Å². The average Bonchev–Trinajstić information content (AvgIpc) is 2.46. The van der Waals surface area contributed by atoms with Gasteiger partial charge in [0.2, 0.25) is 0 Å². The Bertz CT molecular complexity index is 318. The molecule has 0 aromatic carbocycles. The molecule has 1 aromatic heterocycles. The van der Waals surface area contributed by atoms with Gasteiger partial charge < -0.3 is 5.73 Å². The number of aromatic nitrogens is 3. The molecule has 0 aliphatic heterocycles. The number of thiocarbonyl (C=S) groups is 1. The number of hydrogen-bond donors (Lipinski definition) is 1. The van der Waals surface area contributed by atoms with Crippen LogP contribution in [0.4, 0.5) is 0 Å². The molecule has 1 unspecified atom stereocenters. The minimum atomic E-state index is 0.312. The van der Waals surface area contributed by atoms with Gasteiger partial charge in [-0.3, -0.25) is 0 Å². The molecular formula is C8H14N4S. The van der Waals surface area contributed by atoms with E-state index >= 15 is 0 Å². The Morgan fingerprint density at radius 3 is 2.69 bits per heavy atom. The van der Waals surface area contributed by atoms with E-state index in [2.05, 4.69) is 24.2 Å². The largest absolute Gasteiger partial charge is 0.388 e. The lowest BCUT2D eigenvalue weighted by molar-refractivity contribution is 0.455. The molecule has 0 aliphatic carbocycles. The normalized spacial score (nSPS) is 12.8. The number of nitrogens with zero attached hydrogens (tertiary/aromatic N) is 3. The summed E-state index contributed by atoms with van der Waals surface area (Å²) in [4.78, 5) is 0.312. The molecule has 1 aromatic rings. The zero-order valence-electron chi connectivity index (χ0n) is 8.11. The van der Waals surface area contributed by atoms with Crippen LogP contribution in [0.5, 0.6) is 0 Å². The smallest absolute Gasteiger partial charge is 0.142 e. The Hall–Kier alpha value is -0.970. The first-order valence-electron chi connectivity index (χ1n) is 4.29. The molecule has 0 saturated heterocycles. The molecule has 0 amide bonds. The van der Waals surface area contributed by atoms with Crippen molar-refractivity contribution in [2.24, 2.45) is 5.73 Å². The summed E-state index contributed by atoms with van der Waals surface area (Å²) < 4.78 is 1.86. The molecule has 0 aliphatic rings. The van der Waals surface area contributed by atoms with E-state index < -0.39 is 0 Å². The summed E-state index contributed by atoms with van der Waals surface area (Å²) in [5, 5.41) is 7.94. The van der Waals surface area contributed by atoms with Crippen LogP contribution in [0.15, 0.2) is 0 Å². The van der Waals surface area contributed by atoms with Crippen molar-refractivity contribution in [3.63, 3.8) is 0 Å². The van der Waals surface area contributed by atoms with Crippen LogP contribution in [0.1, 0.15) is 37.7 Å². The fourth-order valence-electron chi connectivity index (χ4n) is 1.16. The third-order valence-electron chi connectivity index (χ3n) is 2.17. The van der Waals surface area contributed by atoms with Crippen LogP contribution in [0.3, 0.4) is 0 Å². The Labute approximate surface area is 83.1 Å². The van der Waals surface area contributed by atoms with Crippen LogP contribution in [0, 0.1) is 6.92 Å². The maximum Gasteiger partial charge on any atom is 0.142 e. The molecule has 5 heteroatoms. The van der Waals surface area contributed by atoms with Crippen molar-refractivity contribution in [1.29, 1.82) is 0 Å². The second kappa shape index (κ2) is 3.83. The minimum Gasteiger partial charge on any atom is -0.388 e. The van der Waals surface area contributed by atoms with Crippen molar-refractivity contribution in [3.8, 4) is 0 Å². The Morgan fingerprint density at radius 1 is 1.69 bits per heavy atom. The highest BCUT2D eigenvalue weighted by Gasteiger charge is 2.13. The first-order chi connectivity index (χ1) is 6.07. The van der Waals surface area contributed by atoms with Crippen molar-refractivity contribution in [3.05, 3.63) is 11.4 Å². The second-order valence-corrected chi connectivity index (χ2v) is 3.53. The first kappa shape index (κ1) is 10.1. The molecular weight excluding hydrogens is 184 g/mol. The maximum absolute atomic E-state index is 5.49. The molecule has 1 atom stereocenters. The third-order valence-corrected chi connectivity index (χ3v) is 2.36. The van der Waals surface area contributed by atoms with Crippen LogP contribution in [-0.4, -0.2) is 20.0 Å². The Morgan fingerprint density at radius 2 is 2.31 bits per heavy atom. The van der Waals surface area contributed by atoms with E-state index in [1.165, 1.54) is 0 Å². The van der Waals surface area contributed by atoms with Crippen molar-refractivity contribution >= 4 is 17.2 Å². The number of hydrogen-bond acceptors (Lipinski definition) is 3. The van der Waals surface area contributed by atoms with Gasteiger partial charge >= 0.3 is 0 Å². The summed E-state index contributed by atoms with van der Waals surface area (Å²) in [6.07, 6.45) is 1.01. The zero-order chi connectivity index (χ0) is 10.0. The van der Waals surface area contributed by atoms with Crippen LogP contribution in [0.25, 0.3) is 0 Å². The molecule has 2 N–H and O–H groups in total. The van der Waals surface area contributed by atoms with Gasteiger partial charge in [0.1, 0.15) is 10.7 Å². The second-order valence-electron chi connectivity index (χ2n) is 3.09. The molecule has 0 saturated carbocycles. The zero-order valence-corrected chi connectivity index (χ0v) is 8.93. The molecule has 0 spiro atoms. The Kier molecular flexibility index (Phi) is 2.98. The van der Waals surface area contributed by atoms with Gasteiger partial charge in [-0.05, 0) is 20.3 Å². The molecule has 0 fully saturated rings. The molecule has 4 nitrogen and oxygen atoms in total. The lowest BCUT2D eigenvalue weighted by Gasteiger charge is -2.09. The summed E-state index contributed by atoms with van der Waals surface area (Å²) in [6.45, 7) is 6.12. The number of rotatable bonds is 3. The predicted molar refractivity (Wildman–Crippen MR) is 55.6 cm³/mol. The van der Waals surface area contributed by atoms with Gasteiger partial charge in [-0.15, -0.1) is 5.10 Å². The number of nitrogens with two attached hydrogens (primary N) is 1. The van der Waals surface area contributed by atoms with Crippen molar-refractivity contribution in [2.45, 2.75) is 33.2 Å². The van der Waals surface area contributed by atoms with Gasteiger partial charge in [0.05, 0.1) is 11.7 Å². The van der Waals surface area contributed by atoms with Crippen LogP contribution in [-0.2, 0) is 0 Å². The van der Waals surface area contributed by atoms with Gasteiger partial charge in [-0.1, -0.05) is 24.4 Å². The van der Waals surface area contributed by atoms with E-state index in [1.807, 2.05) is 11.6 Å². The average molecular weight is 198 g/mol. The summed E-state index contributed by atoms with van der Waals surface area (Å²) in [6, 6.07) is 0.343. The van der Waals surface area contributed by atoms with Crippen molar-refractivity contribution < 1.29 is 0 Å². The molecule has 72 valence electrons. The van der Waals surface area contributed by atoms with Gasteiger partial charge in [0.15, 0.2) is 0 Å². The lowest BCUT2D eigenvalue weighted by atomic mass is 10.2. The van der Waals surface area contributed by atoms with Crippen LogP contribution >= 0.6 is 12.2 Å². The van der Waals surface area contributed by atoms with E-state index in [9.17, 15) is 0 Å². The predicted octanol–water partition coefficient (Wildman–Crippen LogP) is 1.19. The Balaban J connectivity index is 3.06. The lowest BCUT2D eigenvalue weighted by Crippen LogP contribution is -2.13. The molecule has 13 heavy (non-hydrogen) atoms. The third kappa shape index (κ3) is 1.85. The summed E-state index contributed by atoms with van der Waals surface area (Å²) in [7, 11) is 0.